The Morgan fingerprint density at radius 3 is 2.62 bits per heavy atom. The molecule has 3 saturated heterocycles. The van der Waals surface area contributed by atoms with E-state index in [9.17, 15) is 14.7 Å². The number of alkyl halides is 1. The molecule has 3 heterocycles. The molecule has 7 nitrogen and oxygen atoms in total. The lowest BCUT2D eigenvalue weighted by atomic mass is 9.71. The van der Waals surface area contributed by atoms with E-state index in [-0.39, 0.29) is 41.6 Å². The van der Waals surface area contributed by atoms with Gasteiger partial charge in [-0.3, -0.25) is 14.4 Å². The molecule has 2 bridgehead atoms. The summed E-state index contributed by atoms with van der Waals surface area (Å²) in [4.78, 5) is 46.6. The maximum Gasteiger partial charge on any atom is 0.310 e. The minimum atomic E-state index is -0.952. The van der Waals surface area contributed by atoms with Crippen molar-refractivity contribution in [3.8, 4) is 0 Å². The molecule has 2 amide bonds. The lowest BCUT2D eigenvalue weighted by Gasteiger charge is -2.40. The molecule has 45 heavy (non-hydrogen) atoms. The van der Waals surface area contributed by atoms with E-state index >= 15 is 4.79 Å². The van der Waals surface area contributed by atoms with E-state index in [0.29, 0.717) is 30.0 Å². The van der Waals surface area contributed by atoms with Crippen LogP contribution in [0.2, 0.25) is 5.02 Å². The van der Waals surface area contributed by atoms with Crippen molar-refractivity contribution in [3.63, 3.8) is 0 Å². The average Bonchev–Trinajstić information content (AvgIpc) is 3.62. The number of rotatable bonds is 14. The number of unbranched alkanes of at least 4 members (excludes halogenated alkanes) is 2. The largest absolute Gasteiger partial charge is 0.465 e. The molecule has 3 aliphatic rings. The smallest absolute Gasteiger partial charge is 0.310 e. The molecule has 3 unspecified atom stereocenters. The summed E-state index contributed by atoms with van der Waals surface area (Å²) in [6.45, 7) is 9.63. The average molecular weight is 716 g/mol. The van der Waals surface area contributed by atoms with Crippen molar-refractivity contribution in [2.24, 2.45) is 11.8 Å². The molecule has 0 radical (unpaired) electrons. The van der Waals surface area contributed by atoms with Gasteiger partial charge in [-0.05, 0) is 56.2 Å². The molecule has 10 heteroatoms. The molecule has 1 N–H and O–H groups in total. The fraction of sp³-hybridized carbons (Fsp3) is 0.457. The van der Waals surface area contributed by atoms with Gasteiger partial charge in [-0.15, -0.1) is 24.9 Å². The number of thioether (sulfide) groups is 1. The zero-order chi connectivity index (χ0) is 32.3. The number of esters is 1. The van der Waals surface area contributed by atoms with Gasteiger partial charge in [0, 0.05) is 16.6 Å². The molecule has 1 spiro atoms. The highest BCUT2D eigenvalue weighted by Gasteiger charge is 2.76. The van der Waals surface area contributed by atoms with Crippen LogP contribution in [0.4, 0.5) is 5.69 Å². The van der Waals surface area contributed by atoms with E-state index in [4.69, 9.17) is 16.3 Å². The minimum Gasteiger partial charge on any atom is -0.465 e. The number of anilines is 1. The Labute approximate surface area is 283 Å². The predicted octanol–water partition coefficient (Wildman–Crippen LogP) is 6.14. The second-order valence-corrected chi connectivity index (χ2v) is 15.2. The summed E-state index contributed by atoms with van der Waals surface area (Å²) in [7, 11) is 0. The number of carbonyl (C=O) groups is 3. The standard InChI is InChI=1S/C35H40BrClN2O5S/c1-4-6-7-11-18-44-34(43)27-28-32(41)39(24(21-40)19-23-14-9-8-10-15-23)31(35(28)20-25(36)30(27)45-35)33(42)38(17-5-2)29-22(3)13-12-16-26(29)37/h4-5,8-10,12-16,24-25,27-28,30-31,40H,1-2,6-7,11,17-21H2,3H3/t24-,25?,27+,28+,30+,31?,35?/m1/s1. The number of likely N-dealkylation sites (tertiary alicyclic amines) is 1. The first kappa shape index (κ1) is 33.8. The Morgan fingerprint density at radius 1 is 1.20 bits per heavy atom. The maximum atomic E-state index is 15.0. The van der Waals surface area contributed by atoms with Crippen molar-refractivity contribution in [2.45, 2.75) is 65.9 Å². The molecular weight excluding hydrogens is 676 g/mol. The molecule has 5 rings (SSSR count). The number of hydrogen-bond donors (Lipinski definition) is 1. The van der Waals surface area contributed by atoms with Crippen LogP contribution in [0, 0.1) is 18.8 Å². The summed E-state index contributed by atoms with van der Waals surface area (Å²) in [5, 5.41) is 11.0. The van der Waals surface area contributed by atoms with Gasteiger partial charge in [-0.2, -0.15) is 0 Å². The zero-order valence-corrected chi connectivity index (χ0v) is 28.6. The lowest BCUT2D eigenvalue weighted by molar-refractivity contribution is -0.154. The highest BCUT2D eigenvalue weighted by molar-refractivity contribution is 9.09. The Kier molecular flexibility index (Phi) is 10.8. The number of carbonyl (C=O) groups excluding carboxylic acids is 3. The molecular formula is C35H40BrClN2O5S. The van der Waals surface area contributed by atoms with E-state index in [1.54, 1.807) is 33.7 Å². The monoisotopic (exact) mass is 714 g/mol. The van der Waals surface area contributed by atoms with Crippen LogP contribution in [0.5, 0.6) is 0 Å². The number of fused-ring (bicyclic) bond motifs is 1. The third-order valence-electron chi connectivity index (χ3n) is 9.23. The summed E-state index contributed by atoms with van der Waals surface area (Å²) in [6.07, 6.45) is 6.74. The van der Waals surface area contributed by atoms with Crippen molar-refractivity contribution in [2.75, 3.05) is 24.7 Å². The summed E-state index contributed by atoms with van der Waals surface area (Å²) in [6, 6.07) is 13.4. The topological polar surface area (TPSA) is 87.1 Å². The molecule has 2 aromatic carbocycles. The number of aryl methyl sites for hydroxylation is 1. The van der Waals surface area contributed by atoms with Crippen LogP contribution in [-0.2, 0) is 25.5 Å². The number of aliphatic hydroxyl groups is 1. The Balaban J connectivity index is 1.58. The summed E-state index contributed by atoms with van der Waals surface area (Å²) >= 11 is 12.1. The zero-order valence-electron chi connectivity index (χ0n) is 25.4. The van der Waals surface area contributed by atoms with Gasteiger partial charge in [-0.1, -0.05) is 82.1 Å². The van der Waals surface area contributed by atoms with Gasteiger partial charge in [0.1, 0.15) is 6.04 Å². The highest BCUT2D eigenvalue weighted by Crippen LogP contribution is 2.68. The number of ether oxygens (including phenoxy) is 1. The summed E-state index contributed by atoms with van der Waals surface area (Å²) < 4.78 is 4.87. The number of hydrogen-bond acceptors (Lipinski definition) is 6. The summed E-state index contributed by atoms with van der Waals surface area (Å²) in [5.41, 5.74) is 2.30. The van der Waals surface area contributed by atoms with Crippen molar-refractivity contribution in [3.05, 3.63) is 90.0 Å². The van der Waals surface area contributed by atoms with E-state index in [2.05, 4.69) is 29.1 Å². The molecule has 0 aromatic heterocycles. The molecule has 7 atom stereocenters. The van der Waals surface area contributed by atoms with Crippen molar-refractivity contribution < 1.29 is 24.2 Å². The first-order valence-electron chi connectivity index (χ1n) is 15.4. The van der Waals surface area contributed by atoms with Crippen LogP contribution in [0.25, 0.3) is 0 Å². The second kappa shape index (κ2) is 14.4. The van der Waals surface area contributed by atoms with Gasteiger partial charge >= 0.3 is 5.97 Å². The summed E-state index contributed by atoms with van der Waals surface area (Å²) in [5.74, 6) is -2.48. The van der Waals surface area contributed by atoms with E-state index < -0.39 is 34.6 Å². The number of halogens is 2. The Hall–Kier alpha value is -2.59. The van der Waals surface area contributed by atoms with Crippen molar-refractivity contribution >= 4 is 62.8 Å². The molecule has 0 aliphatic carbocycles. The van der Waals surface area contributed by atoms with E-state index in [1.165, 1.54) is 0 Å². The van der Waals surface area contributed by atoms with E-state index in [0.717, 1.165) is 24.0 Å². The molecule has 3 fully saturated rings. The van der Waals surface area contributed by atoms with Gasteiger partial charge in [0.25, 0.3) is 5.91 Å². The fourth-order valence-corrected chi connectivity index (χ4v) is 11.2. The quantitative estimate of drug-likeness (QED) is 0.110. The number of allylic oxidation sites excluding steroid dienone is 1. The molecule has 3 aliphatic heterocycles. The van der Waals surface area contributed by atoms with Crippen LogP contribution in [0.15, 0.2) is 73.8 Å². The fourth-order valence-electron chi connectivity index (χ4n) is 7.34. The molecule has 0 saturated carbocycles. The van der Waals surface area contributed by atoms with Crippen molar-refractivity contribution in [1.29, 1.82) is 0 Å². The maximum absolute atomic E-state index is 15.0. The Morgan fingerprint density at radius 2 is 1.96 bits per heavy atom. The van der Waals surface area contributed by atoms with Crippen LogP contribution in [-0.4, -0.2) is 74.5 Å². The number of nitrogens with zero attached hydrogens (tertiary/aromatic N) is 2. The third kappa shape index (κ3) is 6.25. The van der Waals surface area contributed by atoms with Gasteiger partial charge < -0.3 is 19.6 Å². The van der Waals surface area contributed by atoms with Gasteiger partial charge in [0.2, 0.25) is 5.91 Å². The normalized spacial score (nSPS) is 27.2. The second-order valence-electron chi connectivity index (χ2n) is 12.0. The third-order valence-corrected chi connectivity index (χ3v) is 12.8. The van der Waals surface area contributed by atoms with Crippen LogP contribution in [0.1, 0.15) is 36.8 Å². The number of aliphatic hydroxyl groups excluding tert-OH is 1. The first-order valence-corrected chi connectivity index (χ1v) is 17.6. The SMILES string of the molecule is C=CCCCCOC(=O)[C@H]1[C@H]2C(=O)N([C@@H](CO)Cc3ccccc3)C(C(=O)N(CC=C)c3c(C)cccc3Cl)C23CC(Br)[C@@H]1S3. The lowest BCUT2D eigenvalue weighted by Crippen LogP contribution is -2.58. The van der Waals surface area contributed by atoms with Crippen LogP contribution in [0.3, 0.4) is 0 Å². The number of benzene rings is 2. The molecule has 2 aromatic rings. The van der Waals surface area contributed by atoms with Crippen LogP contribution < -0.4 is 4.90 Å². The van der Waals surface area contributed by atoms with Gasteiger partial charge in [0.15, 0.2) is 0 Å². The highest BCUT2D eigenvalue weighted by atomic mass is 79.9. The number of amides is 2. The first-order chi connectivity index (χ1) is 21.7. The van der Waals surface area contributed by atoms with Crippen molar-refractivity contribution in [1.82, 2.24) is 4.90 Å². The van der Waals surface area contributed by atoms with Gasteiger partial charge in [-0.25, -0.2) is 0 Å². The number of para-hydroxylation sites is 1. The predicted molar refractivity (Wildman–Crippen MR) is 184 cm³/mol. The minimum absolute atomic E-state index is 0.100. The van der Waals surface area contributed by atoms with E-state index in [1.807, 2.05) is 55.5 Å². The molecule has 240 valence electrons. The Bertz CT molecular complexity index is 1420. The van der Waals surface area contributed by atoms with Crippen LogP contribution >= 0.6 is 39.3 Å². The van der Waals surface area contributed by atoms with Gasteiger partial charge in [0.05, 0.1) is 46.5 Å².